The van der Waals surface area contributed by atoms with Gasteiger partial charge in [-0.1, -0.05) is 0 Å². The Kier molecular flexibility index (Phi) is 2.78. The number of H-pyrrole nitrogens is 1. The first kappa shape index (κ1) is 12.2. The van der Waals surface area contributed by atoms with E-state index >= 15 is 0 Å². The molecule has 1 spiro atoms. The molecule has 102 valence electrons. The molecule has 7 heteroatoms. The molecule has 7 nitrogen and oxygen atoms in total. The van der Waals surface area contributed by atoms with Crippen molar-refractivity contribution in [1.29, 1.82) is 0 Å². The van der Waals surface area contributed by atoms with Gasteiger partial charge in [0.2, 0.25) is 0 Å². The van der Waals surface area contributed by atoms with Crippen molar-refractivity contribution in [3.05, 3.63) is 27.9 Å². The monoisotopic (exact) mass is 264 g/mol. The smallest absolute Gasteiger partial charge is 0.321 e. The quantitative estimate of drug-likeness (QED) is 0.609. The van der Waals surface area contributed by atoms with Gasteiger partial charge in [-0.05, 0) is 30.4 Å². The summed E-state index contributed by atoms with van der Waals surface area (Å²) in [6.07, 6.45) is 2.11. The average Bonchev–Trinajstić information content (AvgIpc) is 3.11. The van der Waals surface area contributed by atoms with Crippen molar-refractivity contribution < 1.29 is 9.72 Å². The fourth-order valence-electron chi connectivity index (χ4n) is 3.04. The van der Waals surface area contributed by atoms with Crippen LogP contribution in [0.5, 0.6) is 0 Å². The van der Waals surface area contributed by atoms with Crippen LogP contribution in [0.4, 0.5) is 5.82 Å². The number of aromatic nitrogens is 1. The third-order valence-electron chi connectivity index (χ3n) is 4.16. The number of hydrogen-bond donors (Lipinski definition) is 2. The summed E-state index contributed by atoms with van der Waals surface area (Å²) >= 11 is 0. The largest absolute Gasteiger partial charge is 0.358 e. The van der Waals surface area contributed by atoms with Crippen LogP contribution in [0.1, 0.15) is 23.3 Å². The first-order valence-electron chi connectivity index (χ1n) is 6.43. The Morgan fingerprint density at radius 1 is 1.42 bits per heavy atom. The molecule has 1 amide bonds. The molecule has 1 unspecified atom stereocenters. The van der Waals surface area contributed by atoms with Gasteiger partial charge in [-0.3, -0.25) is 4.79 Å². The van der Waals surface area contributed by atoms with Crippen molar-refractivity contribution in [1.82, 2.24) is 15.2 Å². The van der Waals surface area contributed by atoms with Crippen molar-refractivity contribution in [3.63, 3.8) is 0 Å². The SMILES string of the molecule is O=C(c1ccc([N+](=O)[O-])[nH]1)N1CCC2(CCNC2)C1. The highest BCUT2D eigenvalue weighted by Gasteiger charge is 2.42. The summed E-state index contributed by atoms with van der Waals surface area (Å²) < 4.78 is 0. The lowest BCUT2D eigenvalue weighted by Gasteiger charge is -2.22. The Labute approximate surface area is 110 Å². The van der Waals surface area contributed by atoms with E-state index in [1.54, 1.807) is 4.90 Å². The number of nitro groups is 1. The molecule has 0 aromatic carbocycles. The lowest BCUT2D eigenvalue weighted by Crippen LogP contribution is -2.33. The topological polar surface area (TPSA) is 91.3 Å². The first-order chi connectivity index (χ1) is 9.10. The van der Waals surface area contributed by atoms with Crippen molar-refractivity contribution >= 4 is 11.7 Å². The first-order valence-corrected chi connectivity index (χ1v) is 6.43. The molecule has 0 radical (unpaired) electrons. The number of likely N-dealkylation sites (tertiary alicyclic amines) is 1. The zero-order valence-corrected chi connectivity index (χ0v) is 10.5. The number of nitrogens with one attached hydrogen (secondary N) is 2. The van der Waals surface area contributed by atoms with Crippen LogP contribution in [0.15, 0.2) is 12.1 Å². The zero-order valence-electron chi connectivity index (χ0n) is 10.5. The number of rotatable bonds is 2. The molecule has 1 aromatic rings. The predicted molar refractivity (Wildman–Crippen MR) is 67.9 cm³/mol. The highest BCUT2D eigenvalue weighted by Crippen LogP contribution is 2.36. The lowest BCUT2D eigenvalue weighted by atomic mass is 9.87. The normalized spacial score (nSPS) is 26.2. The standard InChI is InChI=1S/C12H16N4O3/c17-11(9-1-2-10(14-9)16(18)19)15-6-4-12(8-15)3-5-13-7-12/h1-2,13-14H,3-8H2. The van der Waals surface area contributed by atoms with Gasteiger partial charge in [0.15, 0.2) is 5.69 Å². The summed E-state index contributed by atoms with van der Waals surface area (Å²) in [5.41, 5.74) is 0.517. The molecule has 19 heavy (non-hydrogen) atoms. The molecule has 3 heterocycles. The number of amides is 1. The second-order valence-electron chi connectivity index (χ2n) is 5.42. The summed E-state index contributed by atoms with van der Waals surface area (Å²) in [6, 6.07) is 2.81. The Hall–Kier alpha value is -1.89. The molecule has 1 aromatic heterocycles. The summed E-state index contributed by atoms with van der Waals surface area (Å²) in [4.78, 5) is 26.7. The van der Waals surface area contributed by atoms with Crippen LogP contribution < -0.4 is 5.32 Å². The van der Waals surface area contributed by atoms with Gasteiger partial charge in [0.1, 0.15) is 0 Å². The highest BCUT2D eigenvalue weighted by atomic mass is 16.6. The van der Waals surface area contributed by atoms with E-state index in [4.69, 9.17) is 0 Å². The van der Waals surface area contributed by atoms with Crippen molar-refractivity contribution in [2.75, 3.05) is 26.2 Å². The molecule has 2 aliphatic heterocycles. The summed E-state index contributed by atoms with van der Waals surface area (Å²) in [5, 5.41) is 13.9. The van der Waals surface area contributed by atoms with E-state index in [2.05, 4.69) is 10.3 Å². The molecule has 1 atom stereocenters. The fraction of sp³-hybridized carbons (Fsp3) is 0.583. The van der Waals surface area contributed by atoms with Gasteiger partial charge in [-0.25, -0.2) is 4.98 Å². The minimum atomic E-state index is -0.525. The van der Waals surface area contributed by atoms with E-state index < -0.39 is 4.92 Å². The average molecular weight is 264 g/mol. The molecule has 2 N–H and O–H groups in total. The van der Waals surface area contributed by atoms with E-state index in [-0.39, 0.29) is 17.1 Å². The van der Waals surface area contributed by atoms with Gasteiger partial charge < -0.3 is 20.3 Å². The third kappa shape index (κ3) is 2.10. The molecule has 2 aliphatic rings. The molecule has 0 bridgehead atoms. The van der Waals surface area contributed by atoms with Crippen LogP contribution in [-0.4, -0.2) is 46.9 Å². The summed E-state index contributed by atoms with van der Waals surface area (Å²) in [5.74, 6) is -0.281. The predicted octanol–water partition coefficient (Wildman–Crippen LogP) is 0.748. The molecule has 2 fully saturated rings. The number of hydrogen-bond acceptors (Lipinski definition) is 4. The van der Waals surface area contributed by atoms with Crippen LogP contribution in [0.3, 0.4) is 0 Å². The number of carbonyl (C=O) groups is 1. The Morgan fingerprint density at radius 2 is 2.26 bits per heavy atom. The summed E-state index contributed by atoms with van der Waals surface area (Å²) in [6.45, 7) is 3.44. The number of aromatic amines is 1. The van der Waals surface area contributed by atoms with Crippen LogP contribution in [0, 0.1) is 15.5 Å². The fourth-order valence-corrected chi connectivity index (χ4v) is 3.04. The van der Waals surface area contributed by atoms with Crippen molar-refractivity contribution in [2.45, 2.75) is 12.8 Å². The van der Waals surface area contributed by atoms with Crippen LogP contribution in [0.25, 0.3) is 0 Å². The Morgan fingerprint density at radius 3 is 2.89 bits per heavy atom. The van der Waals surface area contributed by atoms with Crippen molar-refractivity contribution in [2.24, 2.45) is 5.41 Å². The van der Waals surface area contributed by atoms with Crippen LogP contribution >= 0.6 is 0 Å². The molecule has 3 rings (SSSR count). The molecular formula is C12H16N4O3. The maximum Gasteiger partial charge on any atom is 0.321 e. The van der Waals surface area contributed by atoms with E-state index in [9.17, 15) is 14.9 Å². The Bertz CT molecular complexity index is 519. The van der Waals surface area contributed by atoms with Gasteiger partial charge in [-0.2, -0.15) is 0 Å². The minimum absolute atomic E-state index is 0.139. The van der Waals surface area contributed by atoms with E-state index in [0.29, 0.717) is 5.69 Å². The third-order valence-corrected chi connectivity index (χ3v) is 4.16. The second-order valence-corrected chi connectivity index (χ2v) is 5.42. The van der Waals surface area contributed by atoms with E-state index in [1.807, 2.05) is 0 Å². The summed E-state index contributed by atoms with van der Waals surface area (Å²) in [7, 11) is 0. The Balaban J connectivity index is 1.72. The highest BCUT2D eigenvalue weighted by molar-refractivity contribution is 5.93. The zero-order chi connectivity index (χ0) is 13.5. The number of carbonyl (C=O) groups excluding carboxylic acids is 1. The molecule has 0 aliphatic carbocycles. The van der Waals surface area contributed by atoms with Gasteiger partial charge >= 0.3 is 5.82 Å². The van der Waals surface area contributed by atoms with E-state index in [1.165, 1.54) is 12.1 Å². The van der Waals surface area contributed by atoms with Crippen LogP contribution in [-0.2, 0) is 0 Å². The molecule has 0 saturated carbocycles. The van der Waals surface area contributed by atoms with Gasteiger partial charge in [0, 0.05) is 31.1 Å². The molecular weight excluding hydrogens is 248 g/mol. The van der Waals surface area contributed by atoms with Gasteiger partial charge in [0.05, 0.1) is 0 Å². The molecule has 2 saturated heterocycles. The van der Waals surface area contributed by atoms with Crippen molar-refractivity contribution in [3.8, 4) is 0 Å². The van der Waals surface area contributed by atoms with E-state index in [0.717, 1.165) is 39.0 Å². The maximum atomic E-state index is 12.3. The van der Waals surface area contributed by atoms with Gasteiger partial charge in [-0.15, -0.1) is 0 Å². The lowest BCUT2D eigenvalue weighted by molar-refractivity contribution is -0.389. The minimum Gasteiger partial charge on any atom is -0.358 e. The van der Waals surface area contributed by atoms with Crippen LogP contribution in [0.2, 0.25) is 0 Å². The second kappa shape index (κ2) is 4.34. The van der Waals surface area contributed by atoms with Gasteiger partial charge in [0.25, 0.3) is 5.91 Å². The maximum absolute atomic E-state index is 12.3. The number of nitrogens with zero attached hydrogens (tertiary/aromatic N) is 2.